The molecule has 0 radical (unpaired) electrons. The highest BCUT2D eigenvalue weighted by Crippen LogP contribution is 2.45. The lowest BCUT2D eigenvalue weighted by Crippen LogP contribution is -2.37. The minimum Gasteiger partial charge on any atom is -0.499 e. The second-order valence-electron chi connectivity index (χ2n) is 14.9. The third-order valence-corrected chi connectivity index (χ3v) is 10.1. The number of aliphatic hydroxyl groups is 3. The Hall–Kier alpha value is -3.37. The number of aliphatic hydroxyl groups excluding tert-OH is 3. The second-order valence-corrected chi connectivity index (χ2v) is 14.9. The molecule has 0 spiro atoms. The Morgan fingerprint density at radius 3 is 2.06 bits per heavy atom. The largest absolute Gasteiger partial charge is 0.499 e. The first kappa shape index (κ1) is 40.1. The van der Waals surface area contributed by atoms with Crippen molar-refractivity contribution < 1.29 is 48.7 Å². The van der Waals surface area contributed by atoms with E-state index in [1.165, 1.54) is 44.9 Å². The lowest BCUT2D eigenvalue weighted by Gasteiger charge is -2.38. The molecule has 10 nitrogen and oxygen atoms in total. The number of carbonyl (C=O) groups is 3. The summed E-state index contributed by atoms with van der Waals surface area (Å²) in [5.74, 6) is -1.27. The molecule has 0 amide bonds. The molecular formula is C39H58O10. The first-order valence-corrected chi connectivity index (χ1v) is 17.9. The summed E-state index contributed by atoms with van der Waals surface area (Å²) in [4.78, 5) is 36.7. The summed E-state index contributed by atoms with van der Waals surface area (Å²) in [5.41, 5.74) is 3.19. The number of rotatable bonds is 18. The summed E-state index contributed by atoms with van der Waals surface area (Å²) < 4.78 is 22.0. The minimum atomic E-state index is -1.62. The summed E-state index contributed by atoms with van der Waals surface area (Å²) in [5, 5.41) is 28.8. The van der Waals surface area contributed by atoms with E-state index in [1.807, 2.05) is 20.8 Å². The molecular weight excluding hydrogens is 628 g/mol. The molecule has 2 unspecified atom stereocenters. The van der Waals surface area contributed by atoms with Crippen LogP contribution >= 0.6 is 0 Å². The van der Waals surface area contributed by atoms with Gasteiger partial charge in [-0.2, -0.15) is 0 Å². The van der Waals surface area contributed by atoms with Gasteiger partial charge in [0, 0.05) is 17.7 Å². The van der Waals surface area contributed by atoms with Crippen molar-refractivity contribution in [2.24, 2.45) is 17.8 Å². The van der Waals surface area contributed by atoms with Gasteiger partial charge in [0.25, 0.3) is 0 Å². The summed E-state index contributed by atoms with van der Waals surface area (Å²) in [6, 6.07) is 0. The van der Waals surface area contributed by atoms with E-state index >= 15 is 0 Å². The molecule has 0 fully saturated rings. The smallest absolute Gasteiger partial charge is 0.378 e. The van der Waals surface area contributed by atoms with Crippen molar-refractivity contribution in [3.05, 3.63) is 45.9 Å². The fourth-order valence-electron chi connectivity index (χ4n) is 6.74. The molecule has 3 N–H and O–H groups in total. The van der Waals surface area contributed by atoms with Gasteiger partial charge in [-0.05, 0) is 87.8 Å². The van der Waals surface area contributed by atoms with Gasteiger partial charge in [-0.3, -0.25) is 0 Å². The maximum atomic E-state index is 12.8. The monoisotopic (exact) mass is 686 g/mol. The van der Waals surface area contributed by atoms with Gasteiger partial charge in [-0.15, -0.1) is 0 Å². The number of hydrogen-bond acceptors (Lipinski definition) is 10. The van der Waals surface area contributed by atoms with Crippen LogP contribution in [0.2, 0.25) is 0 Å². The molecule has 0 saturated carbocycles. The van der Waals surface area contributed by atoms with Crippen LogP contribution in [0.25, 0.3) is 0 Å². The van der Waals surface area contributed by atoms with Crippen molar-refractivity contribution in [3.8, 4) is 11.5 Å². The standard InChI is InChI=1S/C39H58O10/c1-23(2)12-9-13-24(3)14-10-15-25(4)16-11-20-39(8)21-19-29-28(7)34(26(5)27(6)35(29)49-39)46-31(42)17-18-32(43)47-37-33(44)38(45)48-36(37)30(41)22-40/h17-18,23-25,30,36,40-41,44H,9-16,19-22H2,1-8H3/b18-17-/t24-,25-,30?,36?,39-/m1/s1. The van der Waals surface area contributed by atoms with Crippen molar-refractivity contribution >= 4 is 17.9 Å². The van der Waals surface area contributed by atoms with Crippen LogP contribution in [0.1, 0.15) is 121 Å². The predicted molar refractivity (Wildman–Crippen MR) is 186 cm³/mol. The molecule has 0 bridgehead atoms. The van der Waals surface area contributed by atoms with Gasteiger partial charge >= 0.3 is 17.9 Å². The van der Waals surface area contributed by atoms with Crippen molar-refractivity contribution in [1.82, 2.24) is 0 Å². The number of carbonyl (C=O) groups excluding carboxylic acids is 3. The molecule has 5 atom stereocenters. The average Bonchev–Trinajstić information content (AvgIpc) is 3.32. The lowest BCUT2D eigenvalue weighted by molar-refractivity contribution is -0.150. The van der Waals surface area contributed by atoms with Crippen molar-refractivity contribution in [2.75, 3.05) is 6.61 Å². The highest BCUT2D eigenvalue weighted by Gasteiger charge is 2.41. The molecule has 274 valence electrons. The molecule has 2 aliphatic heterocycles. The van der Waals surface area contributed by atoms with E-state index < -0.39 is 48.2 Å². The van der Waals surface area contributed by atoms with Crippen LogP contribution in [0, 0.1) is 38.5 Å². The highest BCUT2D eigenvalue weighted by molar-refractivity contribution is 5.94. The molecule has 1 aromatic carbocycles. The van der Waals surface area contributed by atoms with Crippen molar-refractivity contribution in [1.29, 1.82) is 0 Å². The molecule has 2 heterocycles. The topological polar surface area (TPSA) is 149 Å². The molecule has 0 aliphatic carbocycles. The van der Waals surface area contributed by atoms with Gasteiger partial charge in [-0.25, -0.2) is 14.4 Å². The van der Waals surface area contributed by atoms with E-state index in [4.69, 9.17) is 24.1 Å². The molecule has 2 aliphatic rings. The van der Waals surface area contributed by atoms with Gasteiger partial charge in [0.05, 0.1) is 6.61 Å². The van der Waals surface area contributed by atoms with E-state index in [0.717, 1.165) is 77.7 Å². The lowest BCUT2D eigenvalue weighted by atomic mass is 9.83. The van der Waals surface area contributed by atoms with Gasteiger partial charge in [0.1, 0.15) is 23.2 Å². The second kappa shape index (κ2) is 18.0. The van der Waals surface area contributed by atoms with E-state index in [9.17, 15) is 24.6 Å². The zero-order valence-corrected chi connectivity index (χ0v) is 30.7. The Kier molecular flexibility index (Phi) is 14.7. The van der Waals surface area contributed by atoms with Crippen LogP contribution < -0.4 is 9.47 Å². The third-order valence-electron chi connectivity index (χ3n) is 10.1. The number of cyclic esters (lactones) is 1. The van der Waals surface area contributed by atoms with Crippen LogP contribution in [0.3, 0.4) is 0 Å². The Morgan fingerprint density at radius 2 is 1.47 bits per heavy atom. The molecule has 3 rings (SSSR count). The summed E-state index contributed by atoms with van der Waals surface area (Å²) >= 11 is 0. The van der Waals surface area contributed by atoms with E-state index in [-0.39, 0.29) is 5.60 Å². The third kappa shape index (κ3) is 11.1. The maximum absolute atomic E-state index is 12.8. The minimum absolute atomic E-state index is 0.270. The van der Waals surface area contributed by atoms with Crippen LogP contribution in [0.4, 0.5) is 0 Å². The number of esters is 3. The number of hydrogen-bond donors (Lipinski definition) is 3. The fraction of sp³-hybridized carbons (Fsp3) is 0.667. The van der Waals surface area contributed by atoms with Gasteiger partial charge < -0.3 is 34.3 Å². The van der Waals surface area contributed by atoms with E-state index in [2.05, 4.69) is 34.6 Å². The zero-order valence-electron chi connectivity index (χ0n) is 30.7. The van der Waals surface area contributed by atoms with Crippen molar-refractivity contribution in [2.45, 2.75) is 144 Å². The Labute approximate surface area is 291 Å². The first-order chi connectivity index (χ1) is 23.1. The highest BCUT2D eigenvalue weighted by atomic mass is 16.6. The van der Waals surface area contributed by atoms with Gasteiger partial charge in [0.2, 0.25) is 11.5 Å². The fourth-order valence-corrected chi connectivity index (χ4v) is 6.74. The van der Waals surface area contributed by atoms with Crippen molar-refractivity contribution in [3.63, 3.8) is 0 Å². The SMILES string of the molecule is Cc1c(C)c2c(c(C)c1OC(=O)/C=C\C(=O)OC1=C(O)C(=O)OC1C(O)CO)CC[C@@](C)(CCC[C@H](C)CCC[C@H](C)CCCC(C)C)O2. The Bertz CT molecular complexity index is 1390. The summed E-state index contributed by atoms with van der Waals surface area (Å²) in [7, 11) is 0. The van der Waals surface area contributed by atoms with Gasteiger partial charge in [0.15, 0.2) is 6.10 Å². The maximum Gasteiger partial charge on any atom is 0.378 e. The summed E-state index contributed by atoms with van der Waals surface area (Å²) in [6.45, 7) is 16.5. The Balaban J connectivity index is 1.54. The normalized spacial score (nSPS) is 21.0. The molecule has 0 saturated heterocycles. The molecule has 10 heteroatoms. The Morgan fingerprint density at radius 1 is 0.898 bits per heavy atom. The number of fused-ring (bicyclic) bond motifs is 1. The predicted octanol–water partition coefficient (Wildman–Crippen LogP) is 7.19. The molecule has 1 aromatic rings. The van der Waals surface area contributed by atoms with Gasteiger partial charge in [-0.1, -0.05) is 72.6 Å². The van der Waals surface area contributed by atoms with Crippen LogP contribution in [0.5, 0.6) is 11.5 Å². The van der Waals surface area contributed by atoms with Crippen LogP contribution in [-0.2, 0) is 30.3 Å². The first-order valence-electron chi connectivity index (χ1n) is 17.9. The van der Waals surface area contributed by atoms with E-state index in [0.29, 0.717) is 11.7 Å². The number of benzene rings is 1. The molecule has 0 aromatic heterocycles. The average molecular weight is 687 g/mol. The van der Waals surface area contributed by atoms with E-state index in [1.54, 1.807) is 0 Å². The quantitative estimate of drug-likeness (QED) is 0.0823. The van der Waals surface area contributed by atoms with Crippen LogP contribution in [0.15, 0.2) is 23.7 Å². The van der Waals surface area contributed by atoms with Crippen LogP contribution in [-0.4, -0.2) is 57.6 Å². The number of ether oxygens (including phenoxy) is 4. The molecule has 49 heavy (non-hydrogen) atoms. The summed E-state index contributed by atoms with van der Waals surface area (Å²) in [6.07, 6.45) is 11.3. The zero-order chi connectivity index (χ0) is 36.5.